The van der Waals surface area contributed by atoms with Crippen molar-refractivity contribution < 1.29 is 9.72 Å². The Hall–Kier alpha value is -2.15. The summed E-state index contributed by atoms with van der Waals surface area (Å²) >= 11 is 0. The molecule has 0 unspecified atom stereocenters. The van der Waals surface area contributed by atoms with Gasteiger partial charge in [-0.25, -0.2) is 0 Å². The number of hydrogen-bond acceptors (Lipinski definition) is 5. The van der Waals surface area contributed by atoms with Gasteiger partial charge in [0, 0.05) is 44.9 Å². The molecule has 1 aromatic rings. The molecule has 0 bridgehead atoms. The minimum Gasteiger partial charge on any atom is -0.368 e. The molecule has 2 fully saturated rings. The average molecular weight is 346 g/mol. The van der Waals surface area contributed by atoms with Crippen LogP contribution in [0.2, 0.25) is 0 Å². The molecule has 1 aliphatic heterocycles. The van der Waals surface area contributed by atoms with E-state index >= 15 is 0 Å². The van der Waals surface area contributed by atoms with E-state index in [9.17, 15) is 14.9 Å². The van der Waals surface area contributed by atoms with Gasteiger partial charge in [-0.3, -0.25) is 19.8 Å². The molecule has 1 aromatic carbocycles. The fourth-order valence-electron chi connectivity index (χ4n) is 4.02. The molecule has 1 saturated heterocycles. The summed E-state index contributed by atoms with van der Waals surface area (Å²) in [7, 11) is 0. The number of benzene rings is 1. The fourth-order valence-corrected chi connectivity index (χ4v) is 4.02. The number of primary amides is 1. The molecule has 0 spiro atoms. The maximum absolute atomic E-state index is 11.7. The molecule has 1 heterocycles. The van der Waals surface area contributed by atoms with Gasteiger partial charge in [-0.15, -0.1) is 0 Å². The Bertz CT molecular complexity index is 635. The quantitative estimate of drug-likeness (QED) is 0.653. The minimum absolute atomic E-state index is 0.103. The van der Waals surface area contributed by atoms with Crippen LogP contribution in [-0.4, -0.2) is 48.5 Å². The number of piperazine rings is 1. The summed E-state index contributed by atoms with van der Waals surface area (Å²) in [6.45, 7) is 4.68. The number of amides is 1. The number of nitro groups is 1. The van der Waals surface area contributed by atoms with E-state index in [2.05, 4.69) is 9.80 Å². The molecule has 2 aliphatic rings. The van der Waals surface area contributed by atoms with Crippen LogP contribution >= 0.6 is 0 Å². The lowest BCUT2D eigenvalue weighted by Gasteiger charge is -2.38. The highest BCUT2D eigenvalue weighted by Crippen LogP contribution is 2.28. The first-order chi connectivity index (χ1) is 12.0. The maximum Gasteiger partial charge on any atom is 0.270 e. The van der Waals surface area contributed by atoms with Gasteiger partial charge in [-0.1, -0.05) is 19.3 Å². The number of rotatable bonds is 5. The summed E-state index contributed by atoms with van der Waals surface area (Å²) in [5.41, 5.74) is 6.27. The van der Waals surface area contributed by atoms with Crippen LogP contribution in [-0.2, 0) is 0 Å². The van der Waals surface area contributed by atoms with Crippen LogP contribution in [0.25, 0.3) is 0 Å². The van der Waals surface area contributed by atoms with Crippen molar-refractivity contribution in [3.8, 4) is 0 Å². The van der Waals surface area contributed by atoms with Crippen LogP contribution in [0, 0.1) is 16.0 Å². The molecular weight excluding hydrogens is 320 g/mol. The third kappa shape index (κ3) is 4.28. The van der Waals surface area contributed by atoms with Gasteiger partial charge in [0.25, 0.3) is 11.6 Å². The van der Waals surface area contributed by atoms with Crippen molar-refractivity contribution in [2.45, 2.75) is 32.1 Å². The summed E-state index contributed by atoms with van der Waals surface area (Å²) in [5, 5.41) is 10.9. The van der Waals surface area contributed by atoms with Crippen molar-refractivity contribution in [1.82, 2.24) is 4.90 Å². The summed E-state index contributed by atoms with van der Waals surface area (Å²) in [6, 6.07) is 4.37. The Kier molecular flexibility index (Phi) is 5.53. The van der Waals surface area contributed by atoms with E-state index in [0.29, 0.717) is 5.69 Å². The zero-order chi connectivity index (χ0) is 17.8. The highest BCUT2D eigenvalue weighted by molar-refractivity contribution is 5.99. The summed E-state index contributed by atoms with van der Waals surface area (Å²) in [6.07, 6.45) is 6.77. The van der Waals surface area contributed by atoms with Gasteiger partial charge in [0.05, 0.1) is 16.2 Å². The number of nitrogens with zero attached hydrogens (tertiary/aromatic N) is 3. The lowest BCUT2D eigenvalue weighted by atomic mass is 9.89. The predicted octanol–water partition coefficient (Wildman–Crippen LogP) is 2.40. The molecule has 1 amide bonds. The van der Waals surface area contributed by atoms with Gasteiger partial charge in [-0.2, -0.15) is 0 Å². The third-order valence-electron chi connectivity index (χ3n) is 5.41. The summed E-state index contributed by atoms with van der Waals surface area (Å²) in [5.74, 6) is 0.198. The molecule has 0 atom stereocenters. The number of carbonyl (C=O) groups excluding carboxylic acids is 1. The number of non-ortho nitro benzene ring substituents is 1. The first-order valence-corrected chi connectivity index (χ1v) is 9.10. The molecule has 1 aliphatic carbocycles. The van der Waals surface area contributed by atoms with Gasteiger partial charge in [0.1, 0.15) is 0 Å². The van der Waals surface area contributed by atoms with Crippen LogP contribution < -0.4 is 10.6 Å². The monoisotopic (exact) mass is 346 g/mol. The SMILES string of the molecule is NC(=O)c1cc([N+](=O)[O-])ccc1N1CCN(CC2CCCCC2)CC1. The van der Waals surface area contributed by atoms with Crippen molar-refractivity contribution in [3.63, 3.8) is 0 Å². The molecule has 3 rings (SSSR count). The third-order valence-corrected chi connectivity index (χ3v) is 5.41. The Morgan fingerprint density at radius 1 is 1.16 bits per heavy atom. The molecule has 0 radical (unpaired) electrons. The second-order valence-corrected chi connectivity index (χ2v) is 7.11. The molecule has 1 saturated carbocycles. The highest BCUT2D eigenvalue weighted by atomic mass is 16.6. The van der Waals surface area contributed by atoms with Gasteiger partial charge >= 0.3 is 0 Å². The van der Waals surface area contributed by atoms with Gasteiger partial charge < -0.3 is 10.6 Å². The van der Waals surface area contributed by atoms with Gasteiger partial charge in [0.2, 0.25) is 0 Å². The van der Waals surface area contributed by atoms with E-state index in [0.717, 1.165) is 38.6 Å². The second kappa shape index (κ2) is 7.82. The minimum atomic E-state index is -0.622. The Morgan fingerprint density at radius 2 is 1.84 bits per heavy atom. The molecule has 0 aromatic heterocycles. The van der Waals surface area contributed by atoms with Gasteiger partial charge in [0.15, 0.2) is 0 Å². The van der Waals surface area contributed by atoms with E-state index in [-0.39, 0.29) is 11.3 Å². The number of hydrogen-bond donors (Lipinski definition) is 1. The summed E-state index contributed by atoms with van der Waals surface area (Å²) in [4.78, 5) is 26.8. The molecular formula is C18H26N4O3. The van der Waals surface area contributed by atoms with Crippen molar-refractivity contribution in [3.05, 3.63) is 33.9 Å². The molecule has 7 nitrogen and oxygen atoms in total. The lowest BCUT2D eigenvalue weighted by Crippen LogP contribution is -2.48. The largest absolute Gasteiger partial charge is 0.368 e. The molecule has 25 heavy (non-hydrogen) atoms. The smallest absolute Gasteiger partial charge is 0.270 e. The number of anilines is 1. The van der Waals surface area contributed by atoms with Crippen molar-refractivity contribution in [1.29, 1.82) is 0 Å². The van der Waals surface area contributed by atoms with Crippen LogP contribution in [0.15, 0.2) is 18.2 Å². The first-order valence-electron chi connectivity index (χ1n) is 9.10. The van der Waals surface area contributed by atoms with Gasteiger partial charge in [-0.05, 0) is 24.8 Å². The van der Waals surface area contributed by atoms with E-state index < -0.39 is 10.8 Å². The fraction of sp³-hybridized carbons (Fsp3) is 0.611. The van der Waals surface area contributed by atoms with Crippen molar-refractivity contribution in [2.75, 3.05) is 37.6 Å². The van der Waals surface area contributed by atoms with E-state index in [1.807, 2.05) is 0 Å². The van der Waals surface area contributed by atoms with Crippen LogP contribution in [0.1, 0.15) is 42.5 Å². The van der Waals surface area contributed by atoms with Crippen molar-refractivity contribution >= 4 is 17.3 Å². The Morgan fingerprint density at radius 3 is 2.44 bits per heavy atom. The number of carbonyl (C=O) groups is 1. The molecule has 136 valence electrons. The van der Waals surface area contributed by atoms with E-state index in [4.69, 9.17) is 5.73 Å². The predicted molar refractivity (Wildman–Crippen MR) is 96.8 cm³/mol. The standard InChI is InChI=1S/C18H26N4O3/c19-18(23)16-12-15(22(24)25)6-7-17(16)21-10-8-20(9-11-21)13-14-4-2-1-3-5-14/h6-7,12,14H,1-5,8-11,13H2,(H2,19,23). The van der Waals surface area contributed by atoms with E-state index in [1.165, 1.54) is 44.2 Å². The van der Waals surface area contributed by atoms with Crippen molar-refractivity contribution in [2.24, 2.45) is 11.7 Å². The maximum atomic E-state index is 11.7. The average Bonchev–Trinajstić information content (AvgIpc) is 2.62. The van der Waals surface area contributed by atoms with Crippen LogP contribution in [0.4, 0.5) is 11.4 Å². The van der Waals surface area contributed by atoms with Crippen LogP contribution in [0.3, 0.4) is 0 Å². The molecule has 2 N–H and O–H groups in total. The summed E-state index contributed by atoms with van der Waals surface area (Å²) < 4.78 is 0. The normalized spacial score (nSPS) is 19.8. The Balaban J connectivity index is 1.64. The van der Waals surface area contributed by atoms with Crippen LogP contribution in [0.5, 0.6) is 0 Å². The zero-order valence-electron chi connectivity index (χ0n) is 14.5. The molecule has 7 heteroatoms. The first kappa shape index (κ1) is 17.7. The zero-order valence-corrected chi connectivity index (χ0v) is 14.5. The Labute approximate surface area is 147 Å². The number of nitro benzene ring substituents is 1. The topological polar surface area (TPSA) is 92.7 Å². The van der Waals surface area contributed by atoms with E-state index in [1.54, 1.807) is 6.07 Å². The highest BCUT2D eigenvalue weighted by Gasteiger charge is 2.24. The number of nitrogens with two attached hydrogens (primary N) is 1. The second-order valence-electron chi connectivity index (χ2n) is 7.11. The lowest BCUT2D eigenvalue weighted by molar-refractivity contribution is -0.384.